The first-order chi connectivity index (χ1) is 5.73. The van der Waals surface area contributed by atoms with Crippen LogP contribution in [0.4, 0.5) is 0 Å². The van der Waals surface area contributed by atoms with Crippen LogP contribution in [0.15, 0.2) is 0 Å². The molecular formula is C8H17OPS2. The summed E-state index contributed by atoms with van der Waals surface area (Å²) in [6.45, 7) is 4.15. The Morgan fingerprint density at radius 2 is 2.08 bits per heavy atom. The van der Waals surface area contributed by atoms with Crippen LogP contribution in [0, 0.1) is 0 Å². The fourth-order valence-electron chi connectivity index (χ4n) is 1.44. The average Bonchev–Trinajstić information content (AvgIpc) is 2.18. The van der Waals surface area contributed by atoms with Gasteiger partial charge >= 0.3 is 0 Å². The van der Waals surface area contributed by atoms with E-state index in [4.69, 9.17) is 0 Å². The minimum Gasteiger partial charge on any atom is -0.322 e. The van der Waals surface area contributed by atoms with Crippen molar-refractivity contribution in [2.75, 3.05) is 18.1 Å². The molecule has 0 aromatic carbocycles. The second kappa shape index (κ2) is 4.97. The molecule has 4 heteroatoms. The Balaban J connectivity index is 2.58. The second-order valence-electron chi connectivity index (χ2n) is 3.10. The third-order valence-electron chi connectivity index (χ3n) is 2.45. The normalized spacial score (nSPS) is 25.7. The minimum atomic E-state index is -1.81. The lowest BCUT2D eigenvalue weighted by Gasteiger charge is -2.27. The predicted molar refractivity (Wildman–Crippen MR) is 61.8 cm³/mol. The second-order valence-corrected chi connectivity index (χ2v) is 9.93. The van der Waals surface area contributed by atoms with Crippen molar-refractivity contribution in [1.29, 1.82) is 0 Å². The Morgan fingerprint density at radius 3 is 2.50 bits per heavy atom. The van der Waals surface area contributed by atoms with Crippen molar-refractivity contribution in [2.45, 2.75) is 31.7 Å². The van der Waals surface area contributed by atoms with Crippen LogP contribution in [0.2, 0.25) is 0 Å². The van der Waals surface area contributed by atoms with E-state index in [9.17, 15) is 4.57 Å². The molecule has 1 nitrogen and oxygen atoms in total. The molecule has 1 atom stereocenters. The standard InChI is InChI=1S/C8H17OPS2/c1-3-10(9,4-2)8-6-5-7-11-12-8/h8H,3-7H2,1-2H3. The first kappa shape index (κ1) is 11.0. The molecule has 0 aromatic heterocycles. The van der Waals surface area contributed by atoms with Gasteiger partial charge < -0.3 is 4.57 Å². The van der Waals surface area contributed by atoms with E-state index < -0.39 is 7.14 Å². The van der Waals surface area contributed by atoms with E-state index in [1.54, 1.807) is 0 Å². The molecule has 0 aliphatic carbocycles. The van der Waals surface area contributed by atoms with Crippen LogP contribution in [0.25, 0.3) is 0 Å². The van der Waals surface area contributed by atoms with Crippen molar-refractivity contribution in [2.24, 2.45) is 0 Å². The smallest absolute Gasteiger partial charge is 0.100 e. The van der Waals surface area contributed by atoms with Crippen molar-refractivity contribution in [3.63, 3.8) is 0 Å². The molecule has 1 saturated heterocycles. The van der Waals surface area contributed by atoms with Gasteiger partial charge in [-0.3, -0.25) is 0 Å². The molecule has 0 spiro atoms. The summed E-state index contributed by atoms with van der Waals surface area (Å²) in [6, 6.07) is 0. The summed E-state index contributed by atoms with van der Waals surface area (Å²) in [5, 5.41) is 0. The van der Waals surface area contributed by atoms with Gasteiger partial charge in [-0.2, -0.15) is 0 Å². The van der Waals surface area contributed by atoms with Gasteiger partial charge in [0.2, 0.25) is 0 Å². The van der Waals surface area contributed by atoms with E-state index in [0.717, 1.165) is 12.3 Å². The molecule has 1 aliphatic heterocycles. The van der Waals surface area contributed by atoms with Crippen molar-refractivity contribution in [3.8, 4) is 0 Å². The lowest BCUT2D eigenvalue weighted by molar-refractivity contribution is 0.571. The number of hydrogen-bond acceptors (Lipinski definition) is 3. The maximum Gasteiger partial charge on any atom is 0.100 e. The molecule has 72 valence electrons. The van der Waals surface area contributed by atoms with E-state index in [1.807, 2.05) is 21.6 Å². The summed E-state index contributed by atoms with van der Waals surface area (Å²) in [5.74, 6) is 1.24. The molecule has 0 bridgehead atoms. The first-order valence-corrected chi connectivity index (χ1v) is 9.12. The molecule has 0 N–H and O–H groups in total. The largest absolute Gasteiger partial charge is 0.322 e. The summed E-state index contributed by atoms with van der Waals surface area (Å²) in [5.41, 5.74) is 0. The van der Waals surface area contributed by atoms with Crippen LogP contribution in [-0.4, -0.2) is 23.1 Å². The molecule has 1 aliphatic rings. The molecule has 12 heavy (non-hydrogen) atoms. The molecule has 0 saturated carbocycles. The van der Waals surface area contributed by atoms with Crippen LogP contribution in [-0.2, 0) is 4.57 Å². The molecule has 1 fully saturated rings. The summed E-state index contributed by atoms with van der Waals surface area (Å²) in [4.78, 5) is 0.464. The van der Waals surface area contributed by atoms with Crippen LogP contribution in [0.1, 0.15) is 26.7 Å². The Kier molecular flexibility index (Phi) is 4.56. The third-order valence-corrected chi connectivity index (χ3v) is 10.5. The van der Waals surface area contributed by atoms with Crippen molar-refractivity contribution in [3.05, 3.63) is 0 Å². The van der Waals surface area contributed by atoms with E-state index in [-0.39, 0.29) is 0 Å². The fourth-order valence-corrected chi connectivity index (χ4v) is 9.04. The molecule has 1 heterocycles. The average molecular weight is 224 g/mol. The zero-order chi connectivity index (χ0) is 9.03. The van der Waals surface area contributed by atoms with Crippen molar-refractivity contribution < 1.29 is 4.57 Å². The first-order valence-electron chi connectivity index (χ1n) is 4.59. The van der Waals surface area contributed by atoms with Gasteiger partial charge in [0.25, 0.3) is 0 Å². The highest BCUT2D eigenvalue weighted by atomic mass is 33.1. The molecule has 0 aromatic rings. The van der Waals surface area contributed by atoms with Gasteiger partial charge in [-0.15, -0.1) is 0 Å². The topological polar surface area (TPSA) is 17.1 Å². The predicted octanol–water partition coefficient (Wildman–Crippen LogP) is 3.89. The van der Waals surface area contributed by atoms with Gasteiger partial charge in [-0.25, -0.2) is 0 Å². The number of hydrogen-bond donors (Lipinski definition) is 0. The zero-order valence-corrected chi connectivity index (χ0v) is 10.3. The van der Waals surface area contributed by atoms with Crippen LogP contribution < -0.4 is 0 Å². The summed E-state index contributed by atoms with van der Waals surface area (Å²) in [6.07, 6.45) is 4.21. The minimum absolute atomic E-state index is 0.464. The maximum absolute atomic E-state index is 12.3. The zero-order valence-electron chi connectivity index (χ0n) is 7.78. The highest BCUT2D eigenvalue weighted by Gasteiger charge is 2.31. The van der Waals surface area contributed by atoms with Gasteiger partial charge in [0.15, 0.2) is 0 Å². The van der Waals surface area contributed by atoms with Crippen molar-refractivity contribution in [1.82, 2.24) is 0 Å². The van der Waals surface area contributed by atoms with E-state index in [0.29, 0.717) is 4.99 Å². The molecule has 1 unspecified atom stereocenters. The Bertz CT molecular complexity index is 170. The number of rotatable bonds is 3. The monoisotopic (exact) mass is 224 g/mol. The lowest BCUT2D eigenvalue weighted by Crippen LogP contribution is -2.10. The molecular weight excluding hydrogens is 207 g/mol. The third kappa shape index (κ3) is 2.46. The lowest BCUT2D eigenvalue weighted by atomic mass is 10.4. The van der Waals surface area contributed by atoms with E-state index in [1.165, 1.54) is 18.6 Å². The van der Waals surface area contributed by atoms with Crippen molar-refractivity contribution >= 4 is 28.7 Å². The van der Waals surface area contributed by atoms with E-state index >= 15 is 0 Å². The van der Waals surface area contributed by atoms with Gasteiger partial charge in [0, 0.05) is 5.75 Å². The molecule has 0 amide bonds. The quantitative estimate of drug-likeness (QED) is 0.535. The van der Waals surface area contributed by atoms with Crippen LogP contribution in [0.3, 0.4) is 0 Å². The maximum atomic E-state index is 12.3. The van der Waals surface area contributed by atoms with Gasteiger partial charge in [-0.1, -0.05) is 35.4 Å². The van der Waals surface area contributed by atoms with Gasteiger partial charge in [-0.05, 0) is 25.2 Å². The van der Waals surface area contributed by atoms with Gasteiger partial charge in [0.1, 0.15) is 7.14 Å². The highest BCUT2D eigenvalue weighted by molar-refractivity contribution is 8.77. The summed E-state index contributed by atoms with van der Waals surface area (Å²) < 4.78 is 12.3. The summed E-state index contributed by atoms with van der Waals surface area (Å²) >= 11 is 0. The van der Waals surface area contributed by atoms with Crippen LogP contribution >= 0.6 is 28.7 Å². The Hall–Kier alpha value is 0.930. The Morgan fingerprint density at radius 1 is 1.42 bits per heavy atom. The highest BCUT2D eigenvalue weighted by Crippen LogP contribution is 2.60. The molecule has 0 radical (unpaired) electrons. The van der Waals surface area contributed by atoms with E-state index in [2.05, 4.69) is 13.8 Å². The summed E-state index contributed by atoms with van der Waals surface area (Å²) in [7, 11) is 1.96. The molecule has 1 rings (SSSR count). The van der Waals surface area contributed by atoms with Crippen LogP contribution in [0.5, 0.6) is 0 Å². The SMILES string of the molecule is CCP(=O)(CC)C1CCCSS1. The Labute approximate surface area is 83.2 Å². The fraction of sp³-hybridized carbons (Fsp3) is 1.00. The van der Waals surface area contributed by atoms with Gasteiger partial charge in [0.05, 0.1) is 4.99 Å².